The third-order valence-electron chi connectivity index (χ3n) is 4.67. The number of nitrogens with zero attached hydrogens (tertiary/aromatic N) is 2. The summed E-state index contributed by atoms with van der Waals surface area (Å²) in [5.74, 6) is 0.327. The first-order valence-corrected chi connectivity index (χ1v) is 8.94. The van der Waals surface area contributed by atoms with Crippen LogP contribution in [0.5, 0.6) is 0 Å². The number of aryl methyl sites for hydroxylation is 1. The molecule has 0 aromatic heterocycles. The Morgan fingerprint density at radius 3 is 2.65 bits per heavy atom. The van der Waals surface area contributed by atoms with E-state index in [0.717, 1.165) is 31.5 Å². The number of benzene rings is 1. The lowest BCUT2D eigenvalue weighted by Crippen LogP contribution is -2.39. The van der Waals surface area contributed by atoms with Gasteiger partial charge in [0, 0.05) is 38.4 Å². The number of carbonyl (C=O) groups is 3. The maximum Gasteiger partial charge on any atom is 0.322 e. The van der Waals surface area contributed by atoms with Crippen molar-refractivity contribution in [1.82, 2.24) is 15.1 Å². The smallest absolute Gasteiger partial charge is 0.322 e. The fraction of sp³-hybridized carbons (Fsp3) is 0.526. The predicted octanol–water partition coefficient (Wildman–Crippen LogP) is 2.08. The molecule has 0 saturated carbocycles. The van der Waals surface area contributed by atoms with Crippen molar-refractivity contribution in [2.45, 2.75) is 26.7 Å². The minimum atomic E-state index is -0.374. The van der Waals surface area contributed by atoms with Gasteiger partial charge >= 0.3 is 6.03 Å². The highest BCUT2D eigenvalue weighted by Crippen LogP contribution is 2.21. The van der Waals surface area contributed by atoms with Crippen LogP contribution in [-0.2, 0) is 4.79 Å². The second-order valence-electron chi connectivity index (χ2n) is 6.99. The summed E-state index contributed by atoms with van der Waals surface area (Å²) < 4.78 is 0. The van der Waals surface area contributed by atoms with Gasteiger partial charge in [-0.2, -0.15) is 0 Å². The van der Waals surface area contributed by atoms with Crippen molar-refractivity contribution in [2.24, 2.45) is 5.92 Å². The predicted molar refractivity (Wildman–Crippen MR) is 101 cm³/mol. The molecular weight excluding hydrogens is 332 g/mol. The van der Waals surface area contributed by atoms with Crippen LogP contribution in [0.3, 0.4) is 0 Å². The molecule has 7 heteroatoms. The maximum absolute atomic E-state index is 12.7. The third kappa shape index (κ3) is 4.97. The molecule has 2 N–H and O–H groups in total. The summed E-state index contributed by atoms with van der Waals surface area (Å²) in [5.41, 5.74) is 2.07. The van der Waals surface area contributed by atoms with Crippen LogP contribution in [0.25, 0.3) is 0 Å². The molecule has 1 fully saturated rings. The average molecular weight is 360 g/mol. The van der Waals surface area contributed by atoms with Crippen LogP contribution in [0, 0.1) is 12.8 Å². The first-order chi connectivity index (χ1) is 12.3. The zero-order chi connectivity index (χ0) is 19.3. The van der Waals surface area contributed by atoms with Crippen LogP contribution in [-0.4, -0.2) is 61.4 Å². The summed E-state index contributed by atoms with van der Waals surface area (Å²) in [7, 11) is 3.08. The second-order valence-corrected chi connectivity index (χ2v) is 6.99. The Morgan fingerprint density at radius 1 is 1.31 bits per heavy atom. The standard InChI is InChI=1S/C19H28N4O3/c1-13-6-5-9-23(11-13)18(25)15-7-8-16(14(2)10-15)21-19(26)22(4)12-17(24)20-3/h7-8,10,13H,5-6,9,11-12H2,1-4H3,(H,20,24)(H,21,26). The highest BCUT2D eigenvalue weighted by molar-refractivity contribution is 5.97. The van der Waals surface area contributed by atoms with Crippen molar-refractivity contribution in [2.75, 3.05) is 39.0 Å². The number of piperidine rings is 1. The van der Waals surface area contributed by atoms with Crippen molar-refractivity contribution >= 4 is 23.5 Å². The summed E-state index contributed by atoms with van der Waals surface area (Å²) >= 11 is 0. The fourth-order valence-corrected chi connectivity index (χ4v) is 3.07. The quantitative estimate of drug-likeness (QED) is 0.862. The molecule has 1 aromatic rings. The highest BCUT2D eigenvalue weighted by atomic mass is 16.2. The molecule has 4 amide bonds. The number of likely N-dealkylation sites (N-methyl/N-ethyl adjacent to an activating group) is 2. The molecule has 0 radical (unpaired) electrons. The van der Waals surface area contributed by atoms with Gasteiger partial charge in [0.15, 0.2) is 0 Å². The first kappa shape index (κ1) is 19.8. The van der Waals surface area contributed by atoms with Gasteiger partial charge in [-0.15, -0.1) is 0 Å². The van der Waals surface area contributed by atoms with E-state index in [-0.39, 0.29) is 24.4 Å². The van der Waals surface area contributed by atoms with Crippen LogP contribution in [0.2, 0.25) is 0 Å². The van der Waals surface area contributed by atoms with E-state index in [4.69, 9.17) is 0 Å². The fourth-order valence-electron chi connectivity index (χ4n) is 3.07. The number of carbonyl (C=O) groups excluding carboxylic acids is 3. The van der Waals surface area contributed by atoms with E-state index in [1.807, 2.05) is 11.8 Å². The number of urea groups is 1. The van der Waals surface area contributed by atoms with E-state index in [0.29, 0.717) is 17.2 Å². The molecule has 1 aromatic carbocycles. The minimum Gasteiger partial charge on any atom is -0.358 e. The van der Waals surface area contributed by atoms with E-state index in [9.17, 15) is 14.4 Å². The van der Waals surface area contributed by atoms with Gasteiger partial charge < -0.3 is 20.4 Å². The molecule has 0 bridgehead atoms. The molecule has 1 aliphatic rings. The molecular formula is C19H28N4O3. The number of anilines is 1. The van der Waals surface area contributed by atoms with Gasteiger partial charge in [0.25, 0.3) is 5.91 Å². The van der Waals surface area contributed by atoms with E-state index in [2.05, 4.69) is 17.6 Å². The van der Waals surface area contributed by atoms with Gasteiger partial charge in [-0.05, 0) is 49.4 Å². The molecule has 1 heterocycles. The Hall–Kier alpha value is -2.57. The lowest BCUT2D eigenvalue weighted by atomic mass is 9.99. The van der Waals surface area contributed by atoms with E-state index < -0.39 is 0 Å². The van der Waals surface area contributed by atoms with Gasteiger partial charge in [0.1, 0.15) is 6.54 Å². The molecule has 7 nitrogen and oxygen atoms in total. The van der Waals surface area contributed by atoms with E-state index in [1.165, 1.54) is 11.9 Å². The normalized spacial score (nSPS) is 16.8. The summed E-state index contributed by atoms with van der Waals surface area (Å²) in [6.07, 6.45) is 2.20. The molecule has 2 rings (SSSR count). The Bertz CT molecular complexity index is 689. The summed E-state index contributed by atoms with van der Waals surface area (Å²) in [5, 5.41) is 5.25. The monoisotopic (exact) mass is 360 g/mol. The third-order valence-corrected chi connectivity index (χ3v) is 4.67. The van der Waals surface area contributed by atoms with Crippen LogP contribution in [0.1, 0.15) is 35.7 Å². The zero-order valence-corrected chi connectivity index (χ0v) is 16.0. The number of nitrogens with one attached hydrogen (secondary N) is 2. The summed E-state index contributed by atoms with van der Waals surface area (Å²) in [6.45, 7) is 5.58. The largest absolute Gasteiger partial charge is 0.358 e. The van der Waals surface area contributed by atoms with Gasteiger partial charge in [-0.3, -0.25) is 9.59 Å². The van der Waals surface area contributed by atoms with Crippen LogP contribution < -0.4 is 10.6 Å². The molecule has 1 unspecified atom stereocenters. The number of rotatable bonds is 4. The molecule has 1 saturated heterocycles. The summed E-state index contributed by atoms with van der Waals surface area (Å²) in [4.78, 5) is 39.4. The second kappa shape index (κ2) is 8.69. The lowest BCUT2D eigenvalue weighted by Gasteiger charge is -2.31. The Balaban J connectivity index is 2.03. The number of hydrogen-bond donors (Lipinski definition) is 2. The van der Waals surface area contributed by atoms with Crippen molar-refractivity contribution < 1.29 is 14.4 Å². The van der Waals surface area contributed by atoms with Gasteiger partial charge in [-0.25, -0.2) is 4.79 Å². The summed E-state index contributed by atoms with van der Waals surface area (Å²) in [6, 6.07) is 4.90. The Kier molecular flexibility index (Phi) is 6.60. The van der Waals surface area contributed by atoms with Crippen molar-refractivity contribution in [1.29, 1.82) is 0 Å². The van der Waals surface area contributed by atoms with Crippen molar-refractivity contribution in [3.8, 4) is 0 Å². The number of likely N-dealkylation sites (tertiary alicyclic amines) is 1. The zero-order valence-electron chi connectivity index (χ0n) is 16.0. The number of hydrogen-bond acceptors (Lipinski definition) is 3. The van der Waals surface area contributed by atoms with E-state index in [1.54, 1.807) is 25.2 Å². The highest BCUT2D eigenvalue weighted by Gasteiger charge is 2.22. The Morgan fingerprint density at radius 2 is 2.04 bits per heavy atom. The average Bonchev–Trinajstić information content (AvgIpc) is 2.62. The van der Waals surface area contributed by atoms with Gasteiger partial charge in [0.2, 0.25) is 5.91 Å². The van der Waals surface area contributed by atoms with Crippen LogP contribution >= 0.6 is 0 Å². The van der Waals surface area contributed by atoms with Crippen LogP contribution in [0.15, 0.2) is 18.2 Å². The Labute approximate surface area is 154 Å². The molecule has 0 spiro atoms. The lowest BCUT2D eigenvalue weighted by molar-refractivity contribution is -0.120. The molecule has 142 valence electrons. The van der Waals surface area contributed by atoms with Crippen molar-refractivity contribution in [3.05, 3.63) is 29.3 Å². The molecule has 0 aliphatic carbocycles. The minimum absolute atomic E-state index is 0.0227. The SMILES string of the molecule is CNC(=O)CN(C)C(=O)Nc1ccc(C(=O)N2CCCC(C)C2)cc1C. The molecule has 1 atom stereocenters. The first-order valence-electron chi connectivity index (χ1n) is 8.94. The molecule has 26 heavy (non-hydrogen) atoms. The topological polar surface area (TPSA) is 81.8 Å². The molecule has 1 aliphatic heterocycles. The van der Waals surface area contributed by atoms with Crippen molar-refractivity contribution in [3.63, 3.8) is 0 Å². The van der Waals surface area contributed by atoms with Crippen LogP contribution in [0.4, 0.5) is 10.5 Å². The van der Waals surface area contributed by atoms with E-state index >= 15 is 0 Å². The number of amides is 4. The van der Waals surface area contributed by atoms with Gasteiger partial charge in [0.05, 0.1) is 0 Å². The maximum atomic E-state index is 12.7. The van der Waals surface area contributed by atoms with Gasteiger partial charge in [-0.1, -0.05) is 6.92 Å².